The van der Waals surface area contributed by atoms with Crippen LogP contribution < -0.4 is 20.1 Å². The van der Waals surface area contributed by atoms with Crippen molar-refractivity contribution in [1.82, 2.24) is 4.98 Å². The molecule has 0 unspecified atom stereocenters. The smallest absolute Gasteiger partial charge is 0.257 e. The first-order chi connectivity index (χ1) is 14.2. The Morgan fingerprint density at radius 1 is 1.07 bits per heavy atom. The van der Waals surface area contributed by atoms with Gasteiger partial charge >= 0.3 is 0 Å². The van der Waals surface area contributed by atoms with Crippen molar-refractivity contribution < 1.29 is 14.3 Å². The zero-order chi connectivity index (χ0) is 20.5. The number of amides is 1. The summed E-state index contributed by atoms with van der Waals surface area (Å²) in [4.78, 5) is 16.6. The summed E-state index contributed by atoms with van der Waals surface area (Å²) >= 11 is 0. The summed E-state index contributed by atoms with van der Waals surface area (Å²) in [6.45, 7) is 1.02. The van der Waals surface area contributed by atoms with Gasteiger partial charge in [-0.05, 0) is 48.5 Å². The minimum absolute atomic E-state index is 0.324. The summed E-state index contributed by atoms with van der Waals surface area (Å²) in [6.07, 6.45) is 1.48. The molecule has 2 aromatic carbocycles. The average molecular weight is 388 g/mol. The van der Waals surface area contributed by atoms with Crippen LogP contribution in [0, 0.1) is 11.3 Å². The molecule has 3 aromatic rings. The minimum atomic E-state index is -0.324. The van der Waals surface area contributed by atoms with Crippen LogP contribution in [0.15, 0.2) is 66.9 Å². The van der Waals surface area contributed by atoms with Gasteiger partial charge in [0.25, 0.3) is 5.91 Å². The molecule has 2 N–H and O–H groups in total. The SMILES string of the molecule is COc1ccc(OCCNc2ccc(C(=O)Nc3ccccc3C#N)cn2)cc1. The van der Waals surface area contributed by atoms with Gasteiger partial charge in [-0.1, -0.05) is 12.1 Å². The third-order valence-electron chi connectivity index (χ3n) is 4.06. The van der Waals surface area contributed by atoms with Crippen molar-refractivity contribution in [2.75, 3.05) is 30.9 Å². The van der Waals surface area contributed by atoms with Crippen LogP contribution in [0.4, 0.5) is 11.5 Å². The number of aromatic nitrogens is 1. The number of para-hydroxylation sites is 1. The summed E-state index contributed by atoms with van der Waals surface area (Å²) < 4.78 is 10.7. The number of hydrogen-bond donors (Lipinski definition) is 2. The highest BCUT2D eigenvalue weighted by molar-refractivity contribution is 6.04. The van der Waals surface area contributed by atoms with Crippen LogP contribution in [0.25, 0.3) is 0 Å². The fourth-order valence-corrected chi connectivity index (χ4v) is 2.54. The van der Waals surface area contributed by atoms with Crippen molar-refractivity contribution in [1.29, 1.82) is 5.26 Å². The van der Waals surface area contributed by atoms with Crippen LogP contribution in [0.1, 0.15) is 15.9 Å². The molecule has 0 spiro atoms. The lowest BCUT2D eigenvalue weighted by molar-refractivity contribution is 0.102. The first kappa shape index (κ1) is 19.7. The lowest BCUT2D eigenvalue weighted by atomic mass is 10.2. The second-order valence-electron chi connectivity index (χ2n) is 5.99. The lowest BCUT2D eigenvalue weighted by Gasteiger charge is -2.10. The molecule has 0 aliphatic heterocycles. The van der Waals surface area contributed by atoms with Crippen LogP contribution in [-0.2, 0) is 0 Å². The maximum Gasteiger partial charge on any atom is 0.257 e. The van der Waals surface area contributed by atoms with Gasteiger partial charge < -0.3 is 20.1 Å². The van der Waals surface area contributed by atoms with Crippen LogP contribution in [0.5, 0.6) is 11.5 Å². The molecule has 0 bridgehead atoms. The van der Waals surface area contributed by atoms with E-state index in [1.807, 2.05) is 30.3 Å². The molecule has 0 atom stereocenters. The van der Waals surface area contributed by atoms with Gasteiger partial charge in [-0.25, -0.2) is 4.98 Å². The topological polar surface area (TPSA) is 96.3 Å². The molecular formula is C22H20N4O3. The predicted octanol–water partition coefficient (Wildman–Crippen LogP) is 3.71. The van der Waals surface area contributed by atoms with E-state index in [1.54, 1.807) is 43.5 Å². The van der Waals surface area contributed by atoms with Crippen molar-refractivity contribution in [3.63, 3.8) is 0 Å². The Kier molecular flexibility index (Phi) is 6.63. The number of nitrogens with one attached hydrogen (secondary N) is 2. The monoisotopic (exact) mass is 388 g/mol. The standard InChI is InChI=1S/C22H20N4O3/c1-28-18-7-9-19(10-8-18)29-13-12-24-21-11-6-17(15-25-21)22(27)26-20-5-3-2-4-16(20)14-23/h2-11,15H,12-13H2,1H3,(H,24,25)(H,26,27). The molecule has 29 heavy (non-hydrogen) atoms. The Balaban J connectivity index is 1.48. The van der Waals surface area contributed by atoms with Gasteiger partial charge in [0.05, 0.1) is 30.5 Å². The van der Waals surface area contributed by atoms with Crippen molar-refractivity contribution in [2.24, 2.45) is 0 Å². The zero-order valence-corrected chi connectivity index (χ0v) is 15.9. The van der Waals surface area contributed by atoms with E-state index in [1.165, 1.54) is 6.20 Å². The number of pyridine rings is 1. The summed E-state index contributed by atoms with van der Waals surface area (Å²) in [6, 6.07) is 19.6. The Labute approximate surface area is 168 Å². The van der Waals surface area contributed by atoms with Crippen molar-refractivity contribution in [3.8, 4) is 17.6 Å². The van der Waals surface area contributed by atoms with Crippen LogP contribution >= 0.6 is 0 Å². The Morgan fingerprint density at radius 2 is 1.83 bits per heavy atom. The molecule has 0 saturated carbocycles. The number of nitriles is 1. The predicted molar refractivity (Wildman–Crippen MR) is 110 cm³/mol. The molecule has 0 radical (unpaired) electrons. The molecule has 1 aromatic heterocycles. The van der Waals surface area contributed by atoms with Gasteiger partial charge in [-0.15, -0.1) is 0 Å². The number of hydrogen-bond acceptors (Lipinski definition) is 6. The number of anilines is 2. The van der Waals surface area contributed by atoms with Gasteiger partial charge in [0.15, 0.2) is 0 Å². The van der Waals surface area contributed by atoms with Crippen molar-refractivity contribution >= 4 is 17.4 Å². The summed E-state index contributed by atoms with van der Waals surface area (Å²) in [7, 11) is 1.62. The van der Waals surface area contributed by atoms with E-state index in [9.17, 15) is 4.79 Å². The van der Waals surface area contributed by atoms with Gasteiger partial charge in [0.2, 0.25) is 0 Å². The number of benzene rings is 2. The first-order valence-corrected chi connectivity index (χ1v) is 8.97. The third-order valence-corrected chi connectivity index (χ3v) is 4.06. The van der Waals surface area contributed by atoms with Crippen LogP contribution in [0.3, 0.4) is 0 Å². The van der Waals surface area contributed by atoms with Gasteiger partial charge in [-0.2, -0.15) is 5.26 Å². The fourth-order valence-electron chi connectivity index (χ4n) is 2.54. The molecule has 146 valence electrons. The lowest BCUT2D eigenvalue weighted by Crippen LogP contribution is -2.15. The normalized spacial score (nSPS) is 9.93. The first-order valence-electron chi connectivity index (χ1n) is 8.97. The number of nitrogens with zero attached hydrogens (tertiary/aromatic N) is 2. The second-order valence-corrected chi connectivity index (χ2v) is 5.99. The van der Waals surface area contributed by atoms with E-state index in [4.69, 9.17) is 14.7 Å². The highest BCUT2D eigenvalue weighted by atomic mass is 16.5. The molecule has 0 saturated heterocycles. The number of rotatable bonds is 8. The molecule has 1 amide bonds. The molecular weight excluding hydrogens is 368 g/mol. The molecule has 1 heterocycles. The highest BCUT2D eigenvalue weighted by Crippen LogP contribution is 2.17. The second kappa shape index (κ2) is 9.76. The quantitative estimate of drug-likeness (QED) is 0.571. The number of ether oxygens (including phenoxy) is 2. The molecule has 0 fully saturated rings. The van der Waals surface area contributed by atoms with Gasteiger partial charge in [0.1, 0.15) is 30.0 Å². The molecule has 7 heteroatoms. The fraction of sp³-hybridized carbons (Fsp3) is 0.136. The van der Waals surface area contributed by atoms with E-state index in [-0.39, 0.29) is 5.91 Å². The minimum Gasteiger partial charge on any atom is -0.497 e. The van der Waals surface area contributed by atoms with Crippen LogP contribution in [-0.4, -0.2) is 31.2 Å². The van der Waals surface area contributed by atoms with E-state index in [0.717, 1.165) is 11.5 Å². The third kappa shape index (κ3) is 5.47. The summed E-state index contributed by atoms with van der Waals surface area (Å²) in [5.74, 6) is 1.84. The van der Waals surface area contributed by atoms with Gasteiger partial charge in [-0.3, -0.25) is 4.79 Å². The maximum atomic E-state index is 12.3. The van der Waals surface area contributed by atoms with Gasteiger partial charge in [0, 0.05) is 6.20 Å². The number of methoxy groups -OCH3 is 1. The number of carbonyl (C=O) groups is 1. The average Bonchev–Trinajstić information content (AvgIpc) is 2.78. The summed E-state index contributed by atoms with van der Waals surface area (Å²) in [5.41, 5.74) is 1.28. The highest BCUT2D eigenvalue weighted by Gasteiger charge is 2.09. The Morgan fingerprint density at radius 3 is 2.52 bits per heavy atom. The van der Waals surface area contributed by atoms with Crippen molar-refractivity contribution in [3.05, 3.63) is 78.0 Å². The maximum absolute atomic E-state index is 12.3. The Hall–Kier alpha value is -4.05. The van der Waals surface area contributed by atoms with E-state index >= 15 is 0 Å². The molecule has 0 aliphatic rings. The van der Waals surface area contributed by atoms with E-state index in [2.05, 4.69) is 15.6 Å². The summed E-state index contributed by atoms with van der Waals surface area (Å²) in [5, 5.41) is 15.0. The molecule has 0 aliphatic carbocycles. The number of carbonyl (C=O) groups excluding carboxylic acids is 1. The van der Waals surface area contributed by atoms with E-state index < -0.39 is 0 Å². The largest absolute Gasteiger partial charge is 0.497 e. The zero-order valence-electron chi connectivity index (χ0n) is 15.9. The van der Waals surface area contributed by atoms with E-state index in [0.29, 0.717) is 35.8 Å². The van der Waals surface area contributed by atoms with Crippen molar-refractivity contribution in [2.45, 2.75) is 0 Å². The molecule has 7 nitrogen and oxygen atoms in total. The molecule has 3 rings (SSSR count). The Bertz CT molecular complexity index is 996. The van der Waals surface area contributed by atoms with Crippen LogP contribution in [0.2, 0.25) is 0 Å².